The van der Waals surface area contributed by atoms with Crippen LogP contribution >= 0.6 is 0 Å². The smallest absolute Gasteiger partial charge is 0.167 e. The van der Waals surface area contributed by atoms with Gasteiger partial charge in [0.25, 0.3) is 0 Å². The molecule has 2 aromatic carbocycles. The SMILES string of the molecule is N#Cc1c(F)ccc(NCCC(=O)CCNc2ccc(F)c(C#N)c2F)c1F. The molecule has 0 fully saturated rings. The Balaban J connectivity index is 1.82. The standard InChI is InChI=1S/C19H14F4N4O/c20-14-1-3-16(18(22)12(14)9-24)26-7-5-11(28)6-8-27-17-4-2-15(21)13(10-25)19(17)23/h1-4,26-27H,5-8H2. The topological polar surface area (TPSA) is 88.7 Å². The predicted octanol–water partition coefficient (Wildman–Crippen LogP) is 3.86. The molecule has 0 saturated heterocycles. The van der Waals surface area contributed by atoms with E-state index < -0.39 is 34.4 Å². The minimum Gasteiger partial charge on any atom is -0.382 e. The number of nitriles is 2. The maximum atomic E-state index is 13.9. The quantitative estimate of drug-likeness (QED) is 0.668. The molecule has 0 bridgehead atoms. The number of rotatable bonds is 8. The lowest BCUT2D eigenvalue weighted by atomic mass is 10.1. The van der Waals surface area contributed by atoms with E-state index >= 15 is 0 Å². The van der Waals surface area contributed by atoms with Crippen molar-refractivity contribution in [1.82, 2.24) is 0 Å². The van der Waals surface area contributed by atoms with E-state index in [1.165, 1.54) is 12.1 Å². The molecule has 0 aliphatic heterocycles. The van der Waals surface area contributed by atoms with Gasteiger partial charge in [0.15, 0.2) is 11.6 Å². The van der Waals surface area contributed by atoms with E-state index in [4.69, 9.17) is 10.5 Å². The molecule has 2 N–H and O–H groups in total. The van der Waals surface area contributed by atoms with Gasteiger partial charge in [0.05, 0.1) is 11.4 Å². The Morgan fingerprint density at radius 2 is 1.18 bits per heavy atom. The lowest BCUT2D eigenvalue weighted by Crippen LogP contribution is -2.14. The molecule has 144 valence electrons. The van der Waals surface area contributed by atoms with Gasteiger partial charge in [-0.25, -0.2) is 17.6 Å². The first-order chi connectivity index (χ1) is 13.4. The monoisotopic (exact) mass is 390 g/mol. The zero-order chi connectivity index (χ0) is 20.7. The van der Waals surface area contributed by atoms with Gasteiger partial charge in [0.2, 0.25) is 0 Å². The molecule has 0 spiro atoms. The number of carbonyl (C=O) groups is 1. The fourth-order valence-corrected chi connectivity index (χ4v) is 2.38. The summed E-state index contributed by atoms with van der Waals surface area (Å²) in [5, 5.41) is 22.6. The van der Waals surface area contributed by atoms with E-state index in [1.54, 1.807) is 0 Å². The summed E-state index contributed by atoms with van der Waals surface area (Å²) < 4.78 is 54.2. The molecule has 9 heteroatoms. The van der Waals surface area contributed by atoms with Crippen LogP contribution in [0.5, 0.6) is 0 Å². The third-order valence-electron chi connectivity index (χ3n) is 3.84. The molecule has 5 nitrogen and oxygen atoms in total. The van der Waals surface area contributed by atoms with Gasteiger partial charge >= 0.3 is 0 Å². The van der Waals surface area contributed by atoms with Crippen LogP contribution in [0.2, 0.25) is 0 Å². The summed E-state index contributed by atoms with van der Waals surface area (Å²) in [5.41, 5.74) is -1.61. The second-order valence-electron chi connectivity index (χ2n) is 5.68. The minimum atomic E-state index is -1.03. The summed E-state index contributed by atoms with van der Waals surface area (Å²) in [6.07, 6.45) is 0.0193. The number of carbonyl (C=O) groups excluding carboxylic acids is 1. The van der Waals surface area contributed by atoms with E-state index in [1.807, 2.05) is 0 Å². The third-order valence-corrected chi connectivity index (χ3v) is 3.84. The van der Waals surface area contributed by atoms with E-state index in [0.29, 0.717) is 0 Å². The number of anilines is 2. The molecule has 0 saturated carbocycles. The first kappa shape index (κ1) is 20.7. The average molecular weight is 390 g/mol. The predicted molar refractivity (Wildman–Crippen MR) is 93.4 cm³/mol. The Morgan fingerprint density at radius 3 is 1.54 bits per heavy atom. The van der Waals surface area contributed by atoms with Crippen molar-refractivity contribution in [2.75, 3.05) is 23.7 Å². The summed E-state index contributed by atoms with van der Waals surface area (Å²) in [4.78, 5) is 11.9. The molecule has 0 aromatic heterocycles. The van der Waals surface area contributed by atoms with E-state index in [0.717, 1.165) is 24.3 Å². The van der Waals surface area contributed by atoms with Crippen molar-refractivity contribution in [2.24, 2.45) is 0 Å². The number of nitrogens with one attached hydrogen (secondary N) is 2. The number of hydrogen-bond donors (Lipinski definition) is 2. The van der Waals surface area contributed by atoms with Gasteiger partial charge in [-0.1, -0.05) is 0 Å². The number of halogens is 4. The first-order valence-corrected chi connectivity index (χ1v) is 8.14. The largest absolute Gasteiger partial charge is 0.382 e. The Bertz CT molecular complexity index is 902. The summed E-state index contributed by atoms with van der Waals surface area (Å²) in [6, 6.07) is 6.99. The summed E-state index contributed by atoms with van der Waals surface area (Å²) in [5.74, 6) is -4.24. The highest BCUT2D eigenvalue weighted by molar-refractivity contribution is 5.79. The van der Waals surface area contributed by atoms with Gasteiger partial charge in [-0.05, 0) is 24.3 Å². The Hall–Kier alpha value is -3.59. The van der Waals surface area contributed by atoms with Crippen molar-refractivity contribution in [1.29, 1.82) is 10.5 Å². The van der Waals surface area contributed by atoms with Crippen molar-refractivity contribution in [3.05, 3.63) is 58.7 Å². The number of benzene rings is 2. The molecule has 0 aliphatic carbocycles. The van der Waals surface area contributed by atoms with E-state index in [9.17, 15) is 22.4 Å². The third kappa shape index (κ3) is 4.77. The van der Waals surface area contributed by atoms with Gasteiger partial charge in [-0.3, -0.25) is 4.79 Å². The first-order valence-electron chi connectivity index (χ1n) is 8.14. The van der Waals surface area contributed by atoms with Crippen LogP contribution in [0, 0.1) is 45.9 Å². The molecular weight excluding hydrogens is 376 g/mol. The Kier molecular flexibility index (Phi) is 6.94. The molecule has 0 unspecified atom stereocenters. The van der Waals surface area contributed by atoms with Crippen molar-refractivity contribution in [3.8, 4) is 12.1 Å². The summed E-state index contributed by atoms with van der Waals surface area (Å²) in [7, 11) is 0. The van der Waals surface area contributed by atoms with Gasteiger partial charge in [0.1, 0.15) is 40.7 Å². The highest BCUT2D eigenvalue weighted by atomic mass is 19.1. The number of hydrogen-bond acceptors (Lipinski definition) is 5. The van der Waals surface area contributed by atoms with Crippen LogP contribution in [-0.2, 0) is 4.79 Å². The van der Waals surface area contributed by atoms with Crippen LogP contribution in [0.15, 0.2) is 24.3 Å². The van der Waals surface area contributed by atoms with E-state index in [-0.39, 0.29) is 43.1 Å². The highest BCUT2D eigenvalue weighted by Gasteiger charge is 2.14. The molecule has 28 heavy (non-hydrogen) atoms. The normalized spacial score (nSPS) is 10.1. The molecular formula is C19H14F4N4O. The molecule has 0 aliphatic rings. The lowest BCUT2D eigenvalue weighted by Gasteiger charge is -2.10. The van der Waals surface area contributed by atoms with Crippen molar-refractivity contribution < 1.29 is 22.4 Å². The molecule has 0 atom stereocenters. The molecule has 0 amide bonds. The molecule has 0 heterocycles. The Labute approximate surface area is 158 Å². The molecule has 2 aromatic rings. The number of ketones is 1. The van der Waals surface area contributed by atoms with Gasteiger partial charge in [0, 0.05) is 25.9 Å². The maximum Gasteiger partial charge on any atom is 0.167 e. The van der Waals surface area contributed by atoms with Crippen molar-refractivity contribution in [3.63, 3.8) is 0 Å². The number of Topliss-reactive ketones (excluding diaryl/α,β-unsaturated/α-hetero) is 1. The lowest BCUT2D eigenvalue weighted by molar-refractivity contribution is -0.118. The molecule has 2 rings (SSSR count). The van der Waals surface area contributed by atoms with Crippen molar-refractivity contribution >= 4 is 17.2 Å². The van der Waals surface area contributed by atoms with Crippen LogP contribution in [0.25, 0.3) is 0 Å². The van der Waals surface area contributed by atoms with E-state index in [2.05, 4.69) is 10.6 Å². The zero-order valence-electron chi connectivity index (χ0n) is 14.5. The highest BCUT2D eigenvalue weighted by Crippen LogP contribution is 2.21. The van der Waals surface area contributed by atoms with Gasteiger partial charge < -0.3 is 10.6 Å². The molecule has 0 radical (unpaired) electrons. The number of nitrogens with zero attached hydrogens (tertiary/aromatic N) is 2. The fourth-order valence-electron chi connectivity index (χ4n) is 2.38. The van der Waals surface area contributed by atoms with Crippen LogP contribution in [0.4, 0.5) is 28.9 Å². The summed E-state index contributed by atoms with van der Waals surface area (Å²) >= 11 is 0. The fraction of sp³-hybridized carbons (Fsp3) is 0.211. The Morgan fingerprint density at radius 1 is 0.786 bits per heavy atom. The van der Waals surface area contributed by atoms with Gasteiger partial charge in [-0.15, -0.1) is 0 Å². The average Bonchev–Trinajstić information content (AvgIpc) is 2.66. The maximum absolute atomic E-state index is 13.9. The van der Waals surface area contributed by atoms with Crippen molar-refractivity contribution in [2.45, 2.75) is 12.8 Å². The van der Waals surface area contributed by atoms with Crippen LogP contribution in [-0.4, -0.2) is 18.9 Å². The van der Waals surface area contributed by atoms with Crippen LogP contribution in [0.1, 0.15) is 24.0 Å². The second-order valence-corrected chi connectivity index (χ2v) is 5.68. The van der Waals surface area contributed by atoms with Crippen LogP contribution in [0.3, 0.4) is 0 Å². The zero-order valence-corrected chi connectivity index (χ0v) is 14.5. The second kappa shape index (κ2) is 9.38. The van der Waals surface area contributed by atoms with Gasteiger partial charge in [-0.2, -0.15) is 10.5 Å². The summed E-state index contributed by atoms with van der Waals surface area (Å²) in [6.45, 7) is 0.103. The van der Waals surface area contributed by atoms with Crippen LogP contribution < -0.4 is 10.6 Å². The minimum absolute atomic E-state index is 0.00965.